The summed E-state index contributed by atoms with van der Waals surface area (Å²) in [7, 11) is 1.45. The number of benzene rings is 1. The number of thiazole rings is 1. The van der Waals surface area contributed by atoms with Gasteiger partial charge in [0, 0.05) is 24.0 Å². The van der Waals surface area contributed by atoms with Crippen molar-refractivity contribution in [2.75, 3.05) is 7.11 Å². The maximum absolute atomic E-state index is 12.4. The Labute approximate surface area is 135 Å². The fourth-order valence-electron chi connectivity index (χ4n) is 1.81. The van der Waals surface area contributed by atoms with Gasteiger partial charge in [0.05, 0.1) is 7.11 Å². The third kappa shape index (κ3) is 4.60. The fourth-order valence-corrected chi connectivity index (χ4v) is 2.46. The quantitative estimate of drug-likeness (QED) is 0.804. The Balaban J connectivity index is 2.10. The average Bonchev–Trinajstić information content (AvgIpc) is 3.02. The van der Waals surface area contributed by atoms with Crippen LogP contribution in [0.1, 0.15) is 21.1 Å². The van der Waals surface area contributed by atoms with Gasteiger partial charge in [-0.15, -0.1) is 11.3 Å². The maximum Gasteiger partial charge on any atom is 0.387 e. The summed E-state index contributed by atoms with van der Waals surface area (Å²) in [5.41, 5.74) is 6.04. The largest absolute Gasteiger partial charge is 0.497 e. The van der Waals surface area contributed by atoms with Crippen LogP contribution < -0.4 is 20.5 Å². The van der Waals surface area contributed by atoms with Crippen molar-refractivity contribution in [1.29, 1.82) is 0 Å². The van der Waals surface area contributed by atoms with Crippen molar-refractivity contribution in [3.63, 3.8) is 0 Å². The summed E-state index contributed by atoms with van der Waals surface area (Å²) in [5, 5.41) is 4.82. The van der Waals surface area contributed by atoms with Gasteiger partial charge in [-0.05, 0) is 18.2 Å². The van der Waals surface area contributed by atoms with Gasteiger partial charge in [0.15, 0.2) is 0 Å². The molecule has 0 aliphatic carbocycles. The lowest BCUT2D eigenvalue weighted by Crippen LogP contribution is -2.23. The molecule has 0 atom stereocenters. The minimum absolute atomic E-state index is 0.00638. The zero-order chi connectivity index (χ0) is 16.8. The second-order valence-electron chi connectivity index (χ2n) is 4.37. The van der Waals surface area contributed by atoms with Gasteiger partial charge >= 0.3 is 6.61 Å². The number of nitrogens with one attached hydrogen (secondary N) is 1. The van der Waals surface area contributed by atoms with Crippen LogP contribution in [-0.4, -0.2) is 24.6 Å². The molecule has 9 heteroatoms. The van der Waals surface area contributed by atoms with Crippen LogP contribution in [0, 0.1) is 0 Å². The second kappa shape index (κ2) is 7.84. The predicted octanol–water partition coefficient (Wildman–Crippen LogP) is 2.14. The molecule has 0 spiro atoms. The van der Waals surface area contributed by atoms with E-state index in [0.717, 1.165) is 0 Å². The Kier molecular flexibility index (Phi) is 5.83. The normalized spacial score (nSPS) is 10.7. The number of rotatable bonds is 7. The number of ether oxygens (including phenoxy) is 2. The molecule has 0 aliphatic heterocycles. The molecule has 1 aromatic carbocycles. The maximum atomic E-state index is 12.4. The van der Waals surface area contributed by atoms with E-state index in [0.29, 0.717) is 16.3 Å². The highest BCUT2D eigenvalue weighted by Gasteiger charge is 2.14. The molecule has 23 heavy (non-hydrogen) atoms. The summed E-state index contributed by atoms with van der Waals surface area (Å²) < 4.78 is 34.3. The Hall–Kier alpha value is -2.26. The van der Waals surface area contributed by atoms with Gasteiger partial charge < -0.3 is 20.5 Å². The minimum atomic E-state index is -2.96. The third-order valence-electron chi connectivity index (χ3n) is 2.88. The first-order chi connectivity index (χ1) is 11.0. The average molecular weight is 343 g/mol. The molecule has 0 saturated carbocycles. The number of methoxy groups -OCH3 is 1. The van der Waals surface area contributed by atoms with Crippen molar-refractivity contribution in [2.24, 2.45) is 5.73 Å². The molecule has 6 nitrogen and oxygen atoms in total. The molecule has 0 aliphatic rings. The summed E-state index contributed by atoms with van der Waals surface area (Å²) in [6.07, 6.45) is 0. The lowest BCUT2D eigenvalue weighted by molar-refractivity contribution is -0.0505. The highest BCUT2D eigenvalue weighted by molar-refractivity contribution is 7.09. The Morgan fingerprint density at radius 3 is 2.87 bits per heavy atom. The summed E-state index contributed by atoms with van der Waals surface area (Å²) in [5.74, 6) is 0.0173. The number of amides is 1. The Morgan fingerprint density at radius 2 is 2.26 bits per heavy atom. The van der Waals surface area contributed by atoms with Gasteiger partial charge in [0.2, 0.25) is 0 Å². The van der Waals surface area contributed by atoms with Gasteiger partial charge in [-0.25, -0.2) is 4.98 Å². The molecule has 0 unspecified atom stereocenters. The van der Waals surface area contributed by atoms with Crippen LogP contribution in [0.2, 0.25) is 0 Å². The van der Waals surface area contributed by atoms with Gasteiger partial charge in [-0.2, -0.15) is 8.78 Å². The first-order valence-electron chi connectivity index (χ1n) is 6.58. The van der Waals surface area contributed by atoms with Crippen LogP contribution >= 0.6 is 11.3 Å². The second-order valence-corrected chi connectivity index (χ2v) is 5.31. The summed E-state index contributed by atoms with van der Waals surface area (Å²) >= 11 is 1.28. The number of carbonyl (C=O) groups excluding carboxylic acids is 1. The first-order valence-corrected chi connectivity index (χ1v) is 7.46. The van der Waals surface area contributed by atoms with Crippen molar-refractivity contribution in [3.8, 4) is 11.5 Å². The highest BCUT2D eigenvalue weighted by atomic mass is 32.1. The molecule has 0 radical (unpaired) electrons. The van der Waals surface area contributed by atoms with E-state index in [-0.39, 0.29) is 24.5 Å². The van der Waals surface area contributed by atoms with Gasteiger partial charge in [-0.3, -0.25) is 4.79 Å². The number of nitrogens with two attached hydrogens (primary N) is 1. The summed E-state index contributed by atoms with van der Waals surface area (Å²) in [6, 6.07) is 4.38. The van der Waals surface area contributed by atoms with E-state index in [9.17, 15) is 13.6 Å². The van der Waals surface area contributed by atoms with Crippen molar-refractivity contribution in [3.05, 3.63) is 39.8 Å². The molecule has 2 aromatic rings. The molecule has 124 valence electrons. The molecule has 0 bridgehead atoms. The van der Waals surface area contributed by atoms with Crippen molar-refractivity contribution in [1.82, 2.24) is 10.3 Å². The number of aromatic nitrogens is 1. The first kappa shape index (κ1) is 17.1. The van der Waals surface area contributed by atoms with Crippen LogP contribution in [0.5, 0.6) is 11.5 Å². The van der Waals surface area contributed by atoms with Crippen molar-refractivity contribution in [2.45, 2.75) is 19.7 Å². The molecule has 1 heterocycles. The van der Waals surface area contributed by atoms with Crippen LogP contribution in [0.3, 0.4) is 0 Å². The van der Waals surface area contributed by atoms with Crippen LogP contribution in [0.25, 0.3) is 0 Å². The molecule has 3 N–H and O–H groups in total. The van der Waals surface area contributed by atoms with Gasteiger partial charge in [0.1, 0.15) is 22.2 Å². The third-order valence-corrected chi connectivity index (χ3v) is 3.75. The summed E-state index contributed by atoms with van der Waals surface area (Å²) in [4.78, 5) is 16.1. The molecule has 0 saturated heterocycles. The molecule has 1 amide bonds. The monoisotopic (exact) mass is 343 g/mol. The van der Waals surface area contributed by atoms with E-state index in [4.69, 9.17) is 10.5 Å². The SMILES string of the molecule is COc1ccc(OC(F)F)c(CNC(=O)c2csc(CN)n2)c1. The smallest absolute Gasteiger partial charge is 0.387 e. The number of hydrogen-bond donors (Lipinski definition) is 2. The van der Waals surface area contributed by atoms with E-state index in [2.05, 4.69) is 15.0 Å². The van der Waals surface area contributed by atoms with Gasteiger partial charge in [-0.1, -0.05) is 0 Å². The Bertz CT molecular complexity index is 679. The molecule has 0 fully saturated rings. The number of hydrogen-bond acceptors (Lipinski definition) is 6. The van der Waals surface area contributed by atoms with E-state index < -0.39 is 12.5 Å². The van der Waals surface area contributed by atoms with Crippen LogP contribution in [-0.2, 0) is 13.1 Å². The molecule has 1 aromatic heterocycles. The predicted molar refractivity (Wildman–Crippen MR) is 80.8 cm³/mol. The standard InChI is InChI=1S/C14H15F2N3O3S/c1-21-9-2-3-11(22-14(15)16)8(4-9)6-18-13(20)10-7-23-12(5-17)19-10/h2-4,7,14H,5-6,17H2,1H3,(H,18,20). The van der Waals surface area contributed by atoms with Crippen LogP contribution in [0.15, 0.2) is 23.6 Å². The zero-order valence-electron chi connectivity index (χ0n) is 12.2. The lowest BCUT2D eigenvalue weighted by Gasteiger charge is -2.12. The minimum Gasteiger partial charge on any atom is -0.497 e. The Morgan fingerprint density at radius 1 is 1.48 bits per heavy atom. The van der Waals surface area contributed by atoms with E-state index in [1.807, 2.05) is 0 Å². The highest BCUT2D eigenvalue weighted by Crippen LogP contribution is 2.25. The van der Waals surface area contributed by atoms with E-state index in [1.165, 1.54) is 36.6 Å². The number of halogens is 2. The number of nitrogens with zero attached hydrogens (tertiary/aromatic N) is 1. The number of alkyl halides is 2. The van der Waals surface area contributed by atoms with Gasteiger partial charge in [0.25, 0.3) is 5.91 Å². The van der Waals surface area contributed by atoms with E-state index in [1.54, 1.807) is 5.38 Å². The topological polar surface area (TPSA) is 86.5 Å². The van der Waals surface area contributed by atoms with Crippen molar-refractivity contribution < 1.29 is 23.0 Å². The lowest BCUT2D eigenvalue weighted by atomic mass is 10.2. The zero-order valence-corrected chi connectivity index (χ0v) is 13.0. The van der Waals surface area contributed by atoms with Crippen molar-refractivity contribution >= 4 is 17.2 Å². The number of carbonyl (C=O) groups is 1. The van der Waals surface area contributed by atoms with Crippen LogP contribution in [0.4, 0.5) is 8.78 Å². The molecule has 2 rings (SSSR count). The fraction of sp³-hybridized carbons (Fsp3) is 0.286. The molecular formula is C14H15F2N3O3S. The summed E-state index contributed by atoms with van der Waals surface area (Å²) in [6.45, 7) is -2.71. The van der Waals surface area contributed by atoms with E-state index >= 15 is 0 Å². The molecular weight excluding hydrogens is 328 g/mol.